The van der Waals surface area contributed by atoms with Gasteiger partial charge in [0.05, 0.1) is 40.7 Å². The van der Waals surface area contributed by atoms with E-state index in [-0.39, 0.29) is 11.9 Å². The predicted molar refractivity (Wildman–Crippen MR) is 119 cm³/mol. The largest absolute Gasteiger partial charge is 0.391 e. The van der Waals surface area contributed by atoms with Crippen molar-refractivity contribution in [3.05, 3.63) is 54.1 Å². The molecular formula is C24H25N5O3. The molecule has 2 unspecified atom stereocenters. The van der Waals surface area contributed by atoms with Gasteiger partial charge >= 0.3 is 0 Å². The van der Waals surface area contributed by atoms with Crippen LogP contribution in [0.4, 0.5) is 0 Å². The number of benzene rings is 1. The average molecular weight is 431 g/mol. The summed E-state index contributed by atoms with van der Waals surface area (Å²) in [7, 11) is 0. The minimum absolute atomic E-state index is 0.0812. The lowest BCUT2D eigenvalue weighted by atomic mass is 9.75. The van der Waals surface area contributed by atoms with Crippen molar-refractivity contribution < 1.29 is 15.0 Å². The van der Waals surface area contributed by atoms with Crippen molar-refractivity contribution in [2.75, 3.05) is 6.54 Å². The van der Waals surface area contributed by atoms with Gasteiger partial charge in [0.2, 0.25) is 5.91 Å². The maximum absolute atomic E-state index is 12.3. The van der Waals surface area contributed by atoms with Crippen LogP contribution in [0, 0.1) is 0 Å². The van der Waals surface area contributed by atoms with Crippen molar-refractivity contribution in [3.63, 3.8) is 0 Å². The van der Waals surface area contributed by atoms with Crippen LogP contribution < -0.4 is 0 Å². The van der Waals surface area contributed by atoms with Crippen LogP contribution in [-0.2, 0) is 10.4 Å². The van der Waals surface area contributed by atoms with Crippen LogP contribution in [0.5, 0.6) is 0 Å². The zero-order valence-corrected chi connectivity index (χ0v) is 17.8. The van der Waals surface area contributed by atoms with Crippen LogP contribution in [0.15, 0.2) is 42.7 Å². The van der Waals surface area contributed by atoms with Gasteiger partial charge in [0.25, 0.3) is 0 Å². The van der Waals surface area contributed by atoms with Gasteiger partial charge in [-0.25, -0.2) is 9.97 Å². The van der Waals surface area contributed by atoms with Crippen molar-refractivity contribution in [1.29, 1.82) is 0 Å². The number of aliphatic hydroxyl groups is 2. The molecule has 1 aliphatic carbocycles. The van der Waals surface area contributed by atoms with E-state index < -0.39 is 11.7 Å². The number of likely N-dealkylation sites (tertiary alicyclic amines) is 1. The Labute approximate surface area is 184 Å². The molecule has 8 heteroatoms. The van der Waals surface area contributed by atoms with Crippen LogP contribution in [0.1, 0.15) is 50.0 Å². The molecule has 1 aromatic carbocycles. The second kappa shape index (κ2) is 6.88. The molecule has 0 bridgehead atoms. The van der Waals surface area contributed by atoms with E-state index in [2.05, 4.69) is 9.97 Å². The summed E-state index contributed by atoms with van der Waals surface area (Å²) in [6, 6.07) is 9.56. The summed E-state index contributed by atoms with van der Waals surface area (Å²) in [6.07, 6.45) is 6.13. The molecule has 1 amide bonds. The molecule has 1 saturated heterocycles. The Kier molecular flexibility index (Phi) is 4.18. The molecule has 0 spiro atoms. The quantitative estimate of drug-likeness (QED) is 0.462. The number of aromatic nitrogens is 4. The molecule has 2 atom stereocenters. The molecule has 1 aliphatic heterocycles. The summed E-state index contributed by atoms with van der Waals surface area (Å²) in [4.78, 5) is 26.7. The van der Waals surface area contributed by atoms with Crippen LogP contribution in [-0.4, -0.2) is 53.0 Å². The molecule has 4 heterocycles. The van der Waals surface area contributed by atoms with E-state index in [1.54, 1.807) is 11.1 Å². The number of carbonyl (C=O) groups excluding carboxylic acids is 1. The van der Waals surface area contributed by atoms with Crippen molar-refractivity contribution >= 4 is 22.6 Å². The van der Waals surface area contributed by atoms with E-state index in [4.69, 9.17) is 4.98 Å². The number of nitrogens with one attached hydrogen (secondary N) is 1. The predicted octanol–water partition coefficient (Wildman–Crippen LogP) is 2.90. The molecule has 3 N–H and O–H groups in total. The molecule has 3 aromatic heterocycles. The number of nitrogens with zero attached hydrogens (tertiary/aromatic N) is 4. The molecule has 2 aliphatic rings. The number of imidazole rings is 1. The van der Waals surface area contributed by atoms with Crippen LogP contribution in [0.2, 0.25) is 0 Å². The number of carbonyl (C=O) groups is 1. The maximum Gasteiger partial charge on any atom is 0.220 e. The van der Waals surface area contributed by atoms with Crippen LogP contribution in [0.25, 0.3) is 27.9 Å². The molecule has 4 aromatic rings. The van der Waals surface area contributed by atoms with Gasteiger partial charge in [0.1, 0.15) is 5.82 Å². The first-order chi connectivity index (χ1) is 15.4. The van der Waals surface area contributed by atoms with Gasteiger partial charge in [0, 0.05) is 31.6 Å². The first-order valence-electron chi connectivity index (χ1n) is 11.1. The molecule has 6 rings (SSSR count). The molecule has 0 radical (unpaired) electrons. The molecule has 32 heavy (non-hydrogen) atoms. The summed E-state index contributed by atoms with van der Waals surface area (Å²) in [6.45, 7) is 1.83. The number of H-pyrrole nitrogens is 1. The minimum atomic E-state index is -0.708. The highest BCUT2D eigenvalue weighted by Gasteiger charge is 2.38. The summed E-state index contributed by atoms with van der Waals surface area (Å²) in [5, 5.41) is 21.0. The fourth-order valence-corrected chi connectivity index (χ4v) is 5.17. The molecule has 2 fully saturated rings. The molecule has 164 valence electrons. The first-order valence-corrected chi connectivity index (χ1v) is 11.1. The summed E-state index contributed by atoms with van der Waals surface area (Å²) < 4.78 is 2.04. The molecule has 8 nitrogen and oxygen atoms in total. The lowest BCUT2D eigenvalue weighted by molar-refractivity contribution is -0.130. The van der Waals surface area contributed by atoms with Gasteiger partial charge in [-0.15, -0.1) is 0 Å². The third-order valence-electron chi connectivity index (χ3n) is 7.06. The summed E-state index contributed by atoms with van der Waals surface area (Å²) in [5.74, 6) is 0.637. The number of hydrogen-bond acceptors (Lipinski definition) is 5. The Balaban J connectivity index is 1.53. The van der Waals surface area contributed by atoms with Gasteiger partial charge < -0.3 is 20.1 Å². The SMILES string of the molecule is CC(=O)N1CC(O)CC1c1nc(-c2ccc(C3(O)CCC3)cc2)c2cnc3[nH]ccc3n12. The molecular weight excluding hydrogens is 406 g/mol. The number of amides is 1. The van der Waals surface area contributed by atoms with Crippen molar-refractivity contribution in [2.45, 2.75) is 50.4 Å². The van der Waals surface area contributed by atoms with E-state index >= 15 is 0 Å². The zero-order chi connectivity index (χ0) is 22.0. The summed E-state index contributed by atoms with van der Waals surface area (Å²) >= 11 is 0. The second-order valence-corrected chi connectivity index (χ2v) is 9.05. The van der Waals surface area contributed by atoms with Gasteiger partial charge in [-0.2, -0.15) is 0 Å². The zero-order valence-electron chi connectivity index (χ0n) is 17.8. The lowest BCUT2D eigenvalue weighted by Gasteiger charge is -2.37. The van der Waals surface area contributed by atoms with E-state index in [0.717, 1.165) is 58.6 Å². The van der Waals surface area contributed by atoms with Gasteiger partial charge in [-0.1, -0.05) is 24.3 Å². The maximum atomic E-state index is 12.3. The lowest BCUT2D eigenvalue weighted by Crippen LogP contribution is -2.33. The third-order valence-corrected chi connectivity index (χ3v) is 7.06. The average Bonchev–Trinajstić information content (AvgIpc) is 3.47. The number of hydrogen-bond donors (Lipinski definition) is 3. The smallest absolute Gasteiger partial charge is 0.220 e. The Hall–Kier alpha value is -3.23. The highest BCUT2D eigenvalue weighted by molar-refractivity contribution is 5.84. The normalized spacial score (nSPS) is 22.5. The number of β-amino-alcohol motifs (C(OH)–C–C–N with tert-alkyl or cyclic N) is 1. The Morgan fingerprint density at radius 1 is 1.19 bits per heavy atom. The van der Waals surface area contributed by atoms with Gasteiger partial charge in [0.15, 0.2) is 5.65 Å². The number of aliphatic hydroxyl groups excluding tert-OH is 1. The topological polar surface area (TPSA) is 107 Å². The van der Waals surface area contributed by atoms with Crippen LogP contribution in [0.3, 0.4) is 0 Å². The van der Waals surface area contributed by atoms with E-state index in [1.807, 2.05) is 40.9 Å². The highest BCUT2D eigenvalue weighted by Crippen LogP contribution is 2.42. The fourth-order valence-electron chi connectivity index (χ4n) is 5.17. The third kappa shape index (κ3) is 2.79. The van der Waals surface area contributed by atoms with Crippen molar-refractivity contribution in [3.8, 4) is 11.3 Å². The van der Waals surface area contributed by atoms with E-state index in [1.165, 1.54) is 6.92 Å². The van der Waals surface area contributed by atoms with E-state index in [0.29, 0.717) is 13.0 Å². The minimum Gasteiger partial charge on any atom is -0.391 e. The van der Waals surface area contributed by atoms with Crippen molar-refractivity contribution in [1.82, 2.24) is 24.3 Å². The summed E-state index contributed by atoms with van der Waals surface area (Å²) in [5.41, 5.74) is 4.37. The first kappa shape index (κ1) is 19.5. The monoisotopic (exact) mass is 431 g/mol. The Morgan fingerprint density at radius 3 is 2.66 bits per heavy atom. The molecule has 1 saturated carbocycles. The number of aromatic amines is 1. The van der Waals surface area contributed by atoms with E-state index in [9.17, 15) is 15.0 Å². The van der Waals surface area contributed by atoms with Crippen molar-refractivity contribution in [2.24, 2.45) is 0 Å². The van der Waals surface area contributed by atoms with Gasteiger partial charge in [-0.05, 0) is 30.9 Å². The second-order valence-electron chi connectivity index (χ2n) is 9.05. The fraction of sp³-hybridized carbons (Fsp3) is 0.375. The Bertz CT molecular complexity index is 1340. The standard InChI is InChI=1S/C24H25N5O3/c1-14(30)28-13-17(31)11-19(28)23-27-21(20-12-26-22-18(29(20)23)7-10-25-22)15-3-5-16(6-4-15)24(32)8-2-9-24/h3-7,10,12,17,19,25,31-32H,2,8-9,11,13H2,1H3. The Morgan fingerprint density at radius 2 is 1.97 bits per heavy atom. The number of fused-ring (bicyclic) bond motifs is 3. The highest BCUT2D eigenvalue weighted by atomic mass is 16.3. The van der Waals surface area contributed by atoms with Crippen LogP contribution >= 0.6 is 0 Å². The van der Waals surface area contributed by atoms with Gasteiger partial charge in [-0.3, -0.25) is 9.20 Å². The number of rotatable bonds is 3.